The van der Waals surface area contributed by atoms with Crippen LogP contribution in [0.4, 0.5) is 0 Å². The average molecular weight is 251 g/mol. The minimum atomic E-state index is -0.151. The van der Waals surface area contributed by atoms with E-state index in [0.717, 1.165) is 5.56 Å². The van der Waals surface area contributed by atoms with Gasteiger partial charge in [-0.15, -0.1) is 0 Å². The van der Waals surface area contributed by atoms with Gasteiger partial charge >= 0.3 is 0 Å². The van der Waals surface area contributed by atoms with E-state index >= 15 is 0 Å². The molecule has 0 fully saturated rings. The summed E-state index contributed by atoms with van der Waals surface area (Å²) in [5, 5.41) is 9.58. The summed E-state index contributed by atoms with van der Waals surface area (Å²) in [7, 11) is 0. The lowest BCUT2D eigenvalue weighted by atomic mass is 10.2. The fourth-order valence-electron chi connectivity index (χ4n) is 1.32. The van der Waals surface area contributed by atoms with Crippen molar-refractivity contribution >= 4 is 11.6 Å². The van der Waals surface area contributed by atoms with Crippen LogP contribution in [0.5, 0.6) is 5.88 Å². The van der Waals surface area contributed by atoms with Gasteiger partial charge in [-0.3, -0.25) is 4.98 Å². The fourth-order valence-corrected chi connectivity index (χ4v) is 1.53. The van der Waals surface area contributed by atoms with Crippen molar-refractivity contribution in [2.45, 2.75) is 13.2 Å². The lowest BCUT2D eigenvalue weighted by Gasteiger charge is -2.06. The Morgan fingerprint density at radius 2 is 2.18 bits per heavy atom. The number of rotatable bonds is 4. The van der Waals surface area contributed by atoms with Crippen LogP contribution in [0.25, 0.3) is 0 Å². The molecule has 2 aromatic rings. The molecule has 0 unspecified atom stereocenters. The number of aromatic nitrogens is 2. The van der Waals surface area contributed by atoms with Crippen molar-refractivity contribution in [2.24, 2.45) is 0 Å². The Morgan fingerprint density at radius 3 is 2.94 bits per heavy atom. The molecule has 0 saturated carbocycles. The third kappa shape index (κ3) is 3.41. The highest BCUT2D eigenvalue weighted by atomic mass is 35.5. The molecule has 1 aromatic carbocycles. The predicted octanol–water partition coefficient (Wildman–Crippen LogP) is 2.20. The first-order chi connectivity index (χ1) is 8.28. The monoisotopic (exact) mass is 250 g/mol. The molecule has 0 amide bonds. The number of aliphatic hydroxyl groups excluding tert-OH is 1. The van der Waals surface area contributed by atoms with E-state index in [1.807, 2.05) is 18.2 Å². The maximum absolute atomic E-state index is 8.91. The molecule has 1 heterocycles. The second-order valence-electron chi connectivity index (χ2n) is 3.43. The van der Waals surface area contributed by atoms with Crippen molar-refractivity contribution in [1.82, 2.24) is 9.97 Å². The molecule has 17 heavy (non-hydrogen) atoms. The van der Waals surface area contributed by atoms with E-state index in [-0.39, 0.29) is 6.61 Å². The molecule has 88 valence electrons. The van der Waals surface area contributed by atoms with E-state index < -0.39 is 0 Å². The summed E-state index contributed by atoms with van der Waals surface area (Å²) in [5.74, 6) is 0.386. The standard InChI is InChI=1S/C12H11ClN2O2/c13-10-3-1-2-9(4-10)8-17-12-6-14-5-11(7-16)15-12/h1-6,16H,7-8H2. The second-order valence-corrected chi connectivity index (χ2v) is 3.86. The number of halogens is 1. The van der Waals surface area contributed by atoms with Crippen molar-refractivity contribution in [3.63, 3.8) is 0 Å². The fraction of sp³-hybridized carbons (Fsp3) is 0.167. The highest BCUT2D eigenvalue weighted by molar-refractivity contribution is 6.30. The van der Waals surface area contributed by atoms with Gasteiger partial charge in [0.15, 0.2) is 0 Å². The summed E-state index contributed by atoms with van der Waals surface area (Å²) in [6, 6.07) is 7.40. The second kappa shape index (κ2) is 5.61. The van der Waals surface area contributed by atoms with E-state index in [9.17, 15) is 0 Å². The number of nitrogens with zero attached hydrogens (tertiary/aromatic N) is 2. The number of hydrogen-bond donors (Lipinski definition) is 1. The third-order valence-corrected chi connectivity index (χ3v) is 2.34. The average Bonchev–Trinajstić information content (AvgIpc) is 2.37. The molecule has 0 bridgehead atoms. The summed E-state index contributed by atoms with van der Waals surface area (Å²) in [4.78, 5) is 7.97. The Labute approximate surface area is 104 Å². The molecule has 0 radical (unpaired) electrons. The van der Waals surface area contributed by atoms with Crippen molar-refractivity contribution in [3.05, 3.63) is 52.9 Å². The molecule has 0 spiro atoms. The van der Waals surface area contributed by atoms with Crippen LogP contribution in [0.15, 0.2) is 36.7 Å². The lowest BCUT2D eigenvalue weighted by Crippen LogP contribution is -2.00. The predicted molar refractivity (Wildman–Crippen MR) is 63.7 cm³/mol. The number of hydrogen-bond acceptors (Lipinski definition) is 4. The topological polar surface area (TPSA) is 55.2 Å². The smallest absolute Gasteiger partial charge is 0.232 e. The molecule has 1 aromatic heterocycles. The van der Waals surface area contributed by atoms with Crippen LogP contribution in [0, 0.1) is 0 Å². The molecule has 0 saturated heterocycles. The van der Waals surface area contributed by atoms with Gasteiger partial charge in [0.1, 0.15) is 6.61 Å². The van der Waals surface area contributed by atoms with Gasteiger partial charge in [-0.05, 0) is 17.7 Å². The maximum atomic E-state index is 8.91. The number of aliphatic hydroxyl groups is 1. The Kier molecular flexibility index (Phi) is 3.90. The van der Waals surface area contributed by atoms with Crippen molar-refractivity contribution in [1.29, 1.82) is 0 Å². The zero-order valence-corrected chi connectivity index (χ0v) is 9.76. The number of ether oxygens (including phenoxy) is 1. The van der Waals surface area contributed by atoms with Gasteiger partial charge < -0.3 is 9.84 Å². The quantitative estimate of drug-likeness (QED) is 0.904. The van der Waals surface area contributed by atoms with E-state index in [1.54, 1.807) is 6.07 Å². The molecule has 4 nitrogen and oxygen atoms in total. The molecule has 0 aliphatic heterocycles. The Hall–Kier alpha value is -1.65. The summed E-state index contributed by atoms with van der Waals surface area (Å²) in [5.41, 5.74) is 1.43. The van der Waals surface area contributed by atoms with E-state index in [2.05, 4.69) is 9.97 Å². The van der Waals surface area contributed by atoms with Gasteiger partial charge in [-0.1, -0.05) is 23.7 Å². The normalized spacial score (nSPS) is 10.2. The van der Waals surface area contributed by atoms with Crippen LogP contribution in [0.3, 0.4) is 0 Å². The van der Waals surface area contributed by atoms with E-state index in [0.29, 0.717) is 23.2 Å². The van der Waals surface area contributed by atoms with Gasteiger partial charge in [0.25, 0.3) is 0 Å². The molecule has 0 aliphatic rings. The summed E-state index contributed by atoms with van der Waals surface area (Å²) >= 11 is 5.86. The largest absolute Gasteiger partial charge is 0.472 e. The van der Waals surface area contributed by atoms with E-state index in [1.165, 1.54) is 12.4 Å². The first kappa shape index (κ1) is 11.8. The SMILES string of the molecule is OCc1cncc(OCc2cccc(Cl)c2)n1. The maximum Gasteiger partial charge on any atom is 0.232 e. The van der Waals surface area contributed by atoms with Crippen LogP contribution >= 0.6 is 11.6 Å². The Balaban J connectivity index is 2.02. The Morgan fingerprint density at radius 1 is 1.29 bits per heavy atom. The summed E-state index contributed by atoms with van der Waals surface area (Å²) < 4.78 is 5.45. The van der Waals surface area contributed by atoms with Crippen LogP contribution in [-0.4, -0.2) is 15.1 Å². The molecule has 5 heteroatoms. The number of benzene rings is 1. The van der Waals surface area contributed by atoms with E-state index in [4.69, 9.17) is 21.4 Å². The minimum Gasteiger partial charge on any atom is -0.472 e. The van der Waals surface area contributed by atoms with Crippen molar-refractivity contribution < 1.29 is 9.84 Å². The van der Waals surface area contributed by atoms with Gasteiger partial charge in [-0.2, -0.15) is 0 Å². The van der Waals surface area contributed by atoms with Gasteiger partial charge in [0.05, 0.1) is 24.7 Å². The van der Waals surface area contributed by atoms with Crippen LogP contribution < -0.4 is 4.74 Å². The minimum absolute atomic E-state index is 0.151. The van der Waals surface area contributed by atoms with Crippen LogP contribution in [0.1, 0.15) is 11.3 Å². The van der Waals surface area contributed by atoms with Crippen LogP contribution in [0.2, 0.25) is 5.02 Å². The lowest BCUT2D eigenvalue weighted by molar-refractivity contribution is 0.264. The summed E-state index contributed by atoms with van der Waals surface area (Å²) in [6.45, 7) is 0.214. The highest BCUT2D eigenvalue weighted by Gasteiger charge is 2.00. The molecular formula is C12H11ClN2O2. The van der Waals surface area contributed by atoms with Crippen molar-refractivity contribution in [2.75, 3.05) is 0 Å². The molecular weight excluding hydrogens is 240 g/mol. The first-order valence-corrected chi connectivity index (χ1v) is 5.45. The molecule has 0 atom stereocenters. The van der Waals surface area contributed by atoms with Gasteiger partial charge in [0, 0.05) is 5.02 Å². The summed E-state index contributed by atoms with van der Waals surface area (Å²) in [6.07, 6.45) is 3.00. The van der Waals surface area contributed by atoms with Gasteiger partial charge in [-0.25, -0.2) is 4.98 Å². The molecule has 0 aliphatic carbocycles. The zero-order chi connectivity index (χ0) is 12.1. The molecule has 1 N–H and O–H groups in total. The van der Waals surface area contributed by atoms with Crippen LogP contribution in [-0.2, 0) is 13.2 Å². The Bertz CT molecular complexity index is 505. The van der Waals surface area contributed by atoms with Gasteiger partial charge in [0.2, 0.25) is 5.88 Å². The zero-order valence-electron chi connectivity index (χ0n) is 9.01. The van der Waals surface area contributed by atoms with Crippen molar-refractivity contribution in [3.8, 4) is 5.88 Å². The highest BCUT2D eigenvalue weighted by Crippen LogP contribution is 2.13. The first-order valence-electron chi connectivity index (χ1n) is 5.07. The third-order valence-electron chi connectivity index (χ3n) is 2.10. The molecule has 2 rings (SSSR count).